The monoisotopic (exact) mass is 284 g/mol. The van der Waals surface area contributed by atoms with Gasteiger partial charge in [0.15, 0.2) is 0 Å². The molecule has 0 saturated heterocycles. The summed E-state index contributed by atoms with van der Waals surface area (Å²) < 4.78 is 0. The van der Waals surface area contributed by atoms with Gasteiger partial charge in [-0.1, -0.05) is 55.4 Å². The first-order chi connectivity index (χ1) is 9.86. The van der Waals surface area contributed by atoms with Crippen LogP contribution in [-0.2, 0) is 4.79 Å². The second kappa shape index (κ2) is 7.97. The van der Waals surface area contributed by atoms with Gasteiger partial charge in [-0.3, -0.25) is 4.79 Å². The molecule has 0 aromatic heterocycles. The van der Waals surface area contributed by atoms with Crippen LogP contribution in [0.4, 0.5) is 0 Å². The van der Waals surface area contributed by atoms with E-state index < -0.39 is 0 Å². The molecular weight excluding hydrogens is 256 g/mol. The van der Waals surface area contributed by atoms with Crippen molar-refractivity contribution in [3.63, 3.8) is 0 Å². The van der Waals surface area contributed by atoms with E-state index in [4.69, 9.17) is 0 Å². The van der Waals surface area contributed by atoms with Crippen molar-refractivity contribution >= 4 is 6.29 Å². The molecule has 21 heavy (non-hydrogen) atoms. The van der Waals surface area contributed by atoms with Gasteiger partial charge in [-0.25, -0.2) is 0 Å². The topological polar surface area (TPSA) is 17.1 Å². The number of aldehydes is 1. The smallest absolute Gasteiger partial charge is 0.143 e. The first-order valence-electron chi connectivity index (χ1n) is 7.72. The maximum Gasteiger partial charge on any atom is 0.143 e. The molecule has 0 bridgehead atoms. The Labute approximate surface area is 129 Å². The number of carbonyl (C=O) groups excluding carboxylic acids is 1. The third-order valence-electron chi connectivity index (χ3n) is 4.10. The first kappa shape index (κ1) is 17.4. The van der Waals surface area contributed by atoms with Crippen molar-refractivity contribution < 1.29 is 4.79 Å². The maximum atomic E-state index is 10.3. The summed E-state index contributed by atoms with van der Waals surface area (Å²) in [7, 11) is 0. The minimum atomic E-state index is 0.290. The molecule has 1 rings (SSSR count). The third-order valence-corrected chi connectivity index (χ3v) is 4.10. The van der Waals surface area contributed by atoms with Crippen LogP contribution >= 0.6 is 0 Å². The zero-order chi connectivity index (χ0) is 15.9. The fraction of sp³-hybridized carbons (Fsp3) is 0.450. The van der Waals surface area contributed by atoms with Gasteiger partial charge in [-0.15, -0.1) is 0 Å². The average molecular weight is 284 g/mol. The Bertz CT molecular complexity index is 522. The van der Waals surface area contributed by atoms with E-state index in [-0.39, 0.29) is 5.41 Å². The van der Waals surface area contributed by atoms with Crippen LogP contribution in [0.5, 0.6) is 0 Å². The molecule has 1 heteroatoms. The molecule has 0 aliphatic heterocycles. The van der Waals surface area contributed by atoms with E-state index in [9.17, 15) is 4.79 Å². The van der Waals surface area contributed by atoms with Gasteiger partial charge >= 0.3 is 0 Å². The van der Waals surface area contributed by atoms with E-state index in [1.165, 1.54) is 36.0 Å². The van der Waals surface area contributed by atoms with Crippen LogP contribution in [0.15, 0.2) is 58.7 Å². The highest BCUT2D eigenvalue weighted by molar-refractivity contribution is 5.66. The summed E-state index contributed by atoms with van der Waals surface area (Å²) in [5, 5.41) is 0. The van der Waals surface area contributed by atoms with Gasteiger partial charge in [-0.2, -0.15) is 0 Å². The van der Waals surface area contributed by atoms with Crippen molar-refractivity contribution in [1.82, 2.24) is 0 Å². The maximum absolute atomic E-state index is 10.3. The van der Waals surface area contributed by atoms with Gasteiger partial charge < -0.3 is 0 Å². The Morgan fingerprint density at radius 2 is 1.76 bits per heavy atom. The number of carbonyl (C=O) groups is 1. The molecule has 0 radical (unpaired) electrons. The van der Waals surface area contributed by atoms with E-state index in [0.717, 1.165) is 11.9 Å². The molecule has 0 amide bonds. The molecule has 0 atom stereocenters. The normalized spacial score (nSPS) is 20.6. The van der Waals surface area contributed by atoms with E-state index in [1.807, 2.05) is 19.1 Å². The summed E-state index contributed by atoms with van der Waals surface area (Å²) in [5.74, 6) is 0. The van der Waals surface area contributed by atoms with E-state index in [0.29, 0.717) is 0 Å². The van der Waals surface area contributed by atoms with E-state index in [2.05, 4.69) is 45.9 Å². The van der Waals surface area contributed by atoms with Crippen LogP contribution in [0, 0.1) is 5.41 Å². The van der Waals surface area contributed by atoms with Crippen LogP contribution in [0.25, 0.3) is 0 Å². The average Bonchev–Trinajstić information content (AvgIpc) is 2.37. The van der Waals surface area contributed by atoms with Crippen LogP contribution in [0.1, 0.15) is 53.9 Å². The summed E-state index contributed by atoms with van der Waals surface area (Å²) in [6, 6.07) is 0. The van der Waals surface area contributed by atoms with Crippen molar-refractivity contribution in [3.8, 4) is 0 Å². The molecule has 1 aliphatic rings. The Hall–Kier alpha value is -1.63. The van der Waals surface area contributed by atoms with E-state index in [1.54, 1.807) is 6.08 Å². The zero-order valence-electron chi connectivity index (χ0n) is 14.1. The molecule has 0 N–H and O–H groups in total. The Kier molecular flexibility index (Phi) is 6.61. The Balaban J connectivity index is 2.80. The first-order valence-corrected chi connectivity index (χ1v) is 7.72. The molecule has 0 fully saturated rings. The second-order valence-corrected chi connectivity index (χ2v) is 6.58. The largest absolute Gasteiger partial charge is 0.299 e. The summed E-state index contributed by atoms with van der Waals surface area (Å²) in [4.78, 5) is 10.3. The van der Waals surface area contributed by atoms with Crippen LogP contribution in [0.3, 0.4) is 0 Å². The molecule has 0 saturated carbocycles. The summed E-state index contributed by atoms with van der Waals surface area (Å²) in [6.45, 7) is 10.9. The highest BCUT2D eigenvalue weighted by Gasteiger charge is 2.26. The lowest BCUT2D eigenvalue weighted by molar-refractivity contribution is -0.104. The van der Waals surface area contributed by atoms with Gasteiger partial charge in [0.05, 0.1) is 0 Å². The zero-order valence-corrected chi connectivity index (χ0v) is 14.1. The molecule has 1 nitrogen and oxygen atoms in total. The Morgan fingerprint density at radius 1 is 1.10 bits per heavy atom. The number of hydrogen-bond donors (Lipinski definition) is 0. The number of hydrogen-bond acceptors (Lipinski definition) is 1. The molecule has 0 unspecified atom stereocenters. The molecule has 0 aromatic carbocycles. The van der Waals surface area contributed by atoms with Crippen molar-refractivity contribution in [2.24, 2.45) is 5.41 Å². The van der Waals surface area contributed by atoms with Gasteiger partial charge in [0.1, 0.15) is 6.29 Å². The van der Waals surface area contributed by atoms with Crippen molar-refractivity contribution in [2.45, 2.75) is 53.9 Å². The fourth-order valence-electron chi connectivity index (χ4n) is 2.80. The molecule has 0 aromatic rings. The minimum Gasteiger partial charge on any atom is -0.299 e. The lowest BCUT2D eigenvalue weighted by Crippen LogP contribution is -2.19. The summed E-state index contributed by atoms with van der Waals surface area (Å²) in [6.07, 6.45) is 16.6. The van der Waals surface area contributed by atoms with Gasteiger partial charge in [0, 0.05) is 0 Å². The molecule has 114 valence electrons. The molecule has 0 spiro atoms. The van der Waals surface area contributed by atoms with Crippen LogP contribution in [0.2, 0.25) is 0 Å². The summed E-state index contributed by atoms with van der Waals surface area (Å²) in [5.41, 5.74) is 5.48. The number of rotatable bonds is 5. The lowest BCUT2D eigenvalue weighted by atomic mass is 9.72. The summed E-state index contributed by atoms with van der Waals surface area (Å²) >= 11 is 0. The van der Waals surface area contributed by atoms with Crippen molar-refractivity contribution in [3.05, 3.63) is 58.7 Å². The highest BCUT2D eigenvalue weighted by atomic mass is 16.1. The SMILES string of the molecule is CC1=C(\C=C/C(C)=C/C=C\C(C)=C/C=O)C(C)(C)CCC1. The Morgan fingerprint density at radius 3 is 2.38 bits per heavy atom. The van der Waals surface area contributed by atoms with Crippen molar-refractivity contribution in [1.29, 1.82) is 0 Å². The van der Waals surface area contributed by atoms with Gasteiger partial charge in [0.25, 0.3) is 0 Å². The van der Waals surface area contributed by atoms with Crippen LogP contribution in [-0.4, -0.2) is 6.29 Å². The van der Waals surface area contributed by atoms with Crippen LogP contribution < -0.4 is 0 Å². The highest BCUT2D eigenvalue weighted by Crippen LogP contribution is 2.40. The van der Waals surface area contributed by atoms with E-state index >= 15 is 0 Å². The molecular formula is C20H28O. The van der Waals surface area contributed by atoms with Crippen molar-refractivity contribution in [2.75, 3.05) is 0 Å². The van der Waals surface area contributed by atoms with Gasteiger partial charge in [-0.05, 0) is 62.7 Å². The van der Waals surface area contributed by atoms with Gasteiger partial charge in [0.2, 0.25) is 0 Å². The third kappa shape index (κ3) is 5.71. The predicted octanol–water partition coefficient (Wildman–Crippen LogP) is 5.72. The standard InChI is InChI=1S/C20H28O/c1-16(8-6-9-17(2)13-15-21)11-12-19-18(3)10-7-14-20(19,4)5/h6,8-9,11-13,15H,7,10,14H2,1-5H3/b9-6-,12-11-,16-8+,17-13-. The number of allylic oxidation sites excluding steroid dienone is 10. The lowest BCUT2D eigenvalue weighted by Gasteiger charge is -2.32. The minimum absolute atomic E-state index is 0.290. The quantitative estimate of drug-likeness (QED) is 0.358. The fourth-order valence-corrected chi connectivity index (χ4v) is 2.80. The molecule has 0 heterocycles. The second-order valence-electron chi connectivity index (χ2n) is 6.58. The predicted molar refractivity (Wildman–Crippen MR) is 92.2 cm³/mol. The molecule has 1 aliphatic carbocycles.